The molecular formula is C13H24N2O3. The quantitative estimate of drug-likeness (QED) is 0.694. The fourth-order valence-corrected chi connectivity index (χ4v) is 2.58. The van der Waals surface area contributed by atoms with Crippen LogP contribution >= 0.6 is 0 Å². The van der Waals surface area contributed by atoms with Crippen LogP contribution in [0.4, 0.5) is 0 Å². The van der Waals surface area contributed by atoms with E-state index in [1.807, 2.05) is 13.8 Å². The van der Waals surface area contributed by atoms with Crippen LogP contribution < -0.4 is 11.1 Å². The first kappa shape index (κ1) is 15.0. The van der Waals surface area contributed by atoms with Crippen molar-refractivity contribution in [3.8, 4) is 0 Å². The summed E-state index contributed by atoms with van der Waals surface area (Å²) >= 11 is 0. The van der Waals surface area contributed by atoms with Crippen LogP contribution in [0.1, 0.15) is 46.0 Å². The molecule has 104 valence electrons. The lowest BCUT2D eigenvalue weighted by Gasteiger charge is -2.30. The van der Waals surface area contributed by atoms with Gasteiger partial charge >= 0.3 is 5.97 Å². The Hall–Kier alpha value is -1.10. The molecule has 3 N–H and O–H groups in total. The molecule has 18 heavy (non-hydrogen) atoms. The number of carbonyl (C=O) groups excluding carboxylic acids is 2. The van der Waals surface area contributed by atoms with Crippen LogP contribution in [0.3, 0.4) is 0 Å². The van der Waals surface area contributed by atoms with Crippen molar-refractivity contribution in [3.05, 3.63) is 0 Å². The second kappa shape index (κ2) is 7.36. The zero-order valence-electron chi connectivity index (χ0n) is 11.3. The molecule has 0 heterocycles. The van der Waals surface area contributed by atoms with Crippen molar-refractivity contribution in [2.24, 2.45) is 11.7 Å². The van der Waals surface area contributed by atoms with Gasteiger partial charge in [-0.3, -0.25) is 9.59 Å². The SMILES string of the molecule is CCOC(=O)C1CCCC(NC(C)CC(N)=O)C1. The molecule has 0 radical (unpaired) electrons. The van der Waals surface area contributed by atoms with Gasteiger partial charge in [0.1, 0.15) is 0 Å². The lowest BCUT2D eigenvalue weighted by atomic mass is 9.85. The minimum Gasteiger partial charge on any atom is -0.466 e. The van der Waals surface area contributed by atoms with E-state index in [0.717, 1.165) is 25.7 Å². The molecule has 0 aromatic heterocycles. The molecule has 0 aliphatic heterocycles. The minimum atomic E-state index is -0.298. The fraction of sp³-hybridized carbons (Fsp3) is 0.846. The van der Waals surface area contributed by atoms with Crippen LogP contribution in [-0.4, -0.2) is 30.6 Å². The number of esters is 1. The number of primary amides is 1. The van der Waals surface area contributed by atoms with Gasteiger partial charge in [-0.2, -0.15) is 0 Å². The van der Waals surface area contributed by atoms with E-state index < -0.39 is 0 Å². The van der Waals surface area contributed by atoms with Crippen molar-refractivity contribution in [3.63, 3.8) is 0 Å². The van der Waals surface area contributed by atoms with Gasteiger partial charge in [0.15, 0.2) is 0 Å². The highest BCUT2D eigenvalue weighted by Crippen LogP contribution is 2.25. The van der Waals surface area contributed by atoms with Crippen molar-refractivity contribution < 1.29 is 14.3 Å². The van der Waals surface area contributed by atoms with Gasteiger partial charge in [0.05, 0.1) is 12.5 Å². The summed E-state index contributed by atoms with van der Waals surface area (Å²) in [6.07, 6.45) is 4.09. The first-order valence-corrected chi connectivity index (χ1v) is 6.74. The Kier molecular flexibility index (Phi) is 6.12. The third kappa shape index (κ3) is 5.04. The average Bonchev–Trinajstić information content (AvgIpc) is 2.28. The molecule has 3 atom stereocenters. The van der Waals surface area contributed by atoms with E-state index in [2.05, 4.69) is 5.32 Å². The van der Waals surface area contributed by atoms with Gasteiger partial charge in [0.2, 0.25) is 5.91 Å². The Bertz CT molecular complexity index is 294. The van der Waals surface area contributed by atoms with Gasteiger partial charge < -0.3 is 15.8 Å². The lowest BCUT2D eigenvalue weighted by molar-refractivity contribution is -0.149. The Morgan fingerprint density at radius 2 is 2.17 bits per heavy atom. The van der Waals surface area contributed by atoms with Crippen LogP contribution in [-0.2, 0) is 14.3 Å². The number of hydrogen-bond donors (Lipinski definition) is 2. The van der Waals surface area contributed by atoms with Crippen LogP contribution in [0.25, 0.3) is 0 Å². The van der Waals surface area contributed by atoms with E-state index in [-0.39, 0.29) is 29.9 Å². The summed E-state index contributed by atoms with van der Waals surface area (Å²) in [4.78, 5) is 22.5. The normalized spacial score (nSPS) is 25.4. The zero-order chi connectivity index (χ0) is 13.5. The molecule has 1 saturated carbocycles. The Morgan fingerprint density at radius 1 is 1.44 bits per heavy atom. The van der Waals surface area contributed by atoms with Crippen molar-refractivity contribution in [1.29, 1.82) is 0 Å². The summed E-state index contributed by atoms with van der Waals surface area (Å²) in [6.45, 7) is 4.20. The molecule has 0 aromatic rings. The van der Waals surface area contributed by atoms with Gasteiger partial charge in [-0.25, -0.2) is 0 Å². The second-order valence-electron chi connectivity index (χ2n) is 5.05. The predicted molar refractivity (Wildman–Crippen MR) is 68.8 cm³/mol. The third-order valence-electron chi connectivity index (χ3n) is 3.32. The number of rotatable bonds is 6. The van der Waals surface area contributed by atoms with E-state index in [0.29, 0.717) is 13.0 Å². The number of ether oxygens (including phenoxy) is 1. The average molecular weight is 256 g/mol. The highest BCUT2D eigenvalue weighted by atomic mass is 16.5. The number of nitrogens with two attached hydrogens (primary N) is 1. The maximum Gasteiger partial charge on any atom is 0.308 e. The van der Waals surface area contributed by atoms with Crippen molar-refractivity contribution in [2.45, 2.75) is 58.0 Å². The standard InChI is InChI=1S/C13H24N2O3/c1-3-18-13(17)10-5-4-6-11(8-10)15-9(2)7-12(14)16/h9-11,15H,3-8H2,1-2H3,(H2,14,16). The van der Waals surface area contributed by atoms with Gasteiger partial charge in [-0.1, -0.05) is 6.42 Å². The zero-order valence-corrected chi connectivity index (χ0v) is 11.3. The van der Waals surface area contributed by atoms with Crippen molar-refractivity contribution >= 4 is 11.9 Å². The van der Waals surface area contributed by atoms with E-state index in [9.17, 15) is 9.59 Å². The van der Waals surface area contributed by atoms with E-state index in [1.54, 1.807) is 0 Å². The molecule has 1 rings (SSSR count). The molecule has 1 fully saturated rings. The summed E-state index contributed by atoms with van der Waals surface area (Å²) in [5, 5.41) is 3.37. The van der Waals surface area contributed by atoms with Gasteiger partial charge in [0, 0.05) is 18.5 Å². The monoisotopic (exact) mass is 256 g/mol. The smallest absolute Gasteiger partial charge is 0.308 e. The lowest BCUT2D eigenvalue weighted by Crippen LogP contribution is -2.42. The molecule has 5 heteroatoms. The van der Waals surface area contributed by atoms with Gasteiger partial charge in [0.25, 0.3) is 0 Å². The Morgan fingerprint density at radius 3 is 2.78 bits per heavy atom. The van der Waals surface area contributed by atoms with Crippen LogP contribution in [0.15, 0.2) is 0 Å². The van der Waals surface area contributed by atoms with Crippen molar-refractivity contribution in [2.75, 3.05) is 6.61 Å². The summed E-state index contributed by atoms with van der Waals surface area (Å²) in [6, 6.07) is 0.343. The Balaban J connectivity index is 2.38. The van der Waals surface area contributed by atoms with E-state index in [4.69, 9.17) is 10.5 Å². The fourth-order valence-electron chi connectivity index (χ4n) is 2.58. The third-order valence-corrected chi connectivity index (χ3v) is 3.32. The summed E-state index contributed by atoms with van der Waals surface area (Å²) in [5.41, 5.74) is 5.16. The van der Waals surface area contributed by atoms with Gasteiger partial charge in [-0.15, -0.1) is 0 Å². The summed E-state index contributed by atoms with van der Waals surface area (Å²) in [5.74, 6) is -0.392. The number of hydrogen-bond acceptors (Lipinski definition) is 4. The van der Waals surface area contributed by atoms with Crippen LogP contribution in [0.5, 0.6) is 0 Å². The Labute approximate surface area is 108 Å². The molecule has 3 unspecified atom stereocenters. The number of nitrogens with one attached hydrogen (secondary N) is 1. The largest absolute Gasteiger partial charge is 0.466 e. The first-order chi connectivity index (χ1) is 8.52. The van der Waals surface area contributed by atoms with Gasteiger partial charge in [-0.05, 0) is 33.1 Å². The molecule has 1 aliphatic carbocycles. The summed E-state index contributed by atoms with van der Waals surface area (Å²) in [7, 11) is 0. The molecule has 1 aliphatic rings. The van der Waals surface area contributed by atoms with E-state index >= 15 is 0 Å². The predicted octanol–water partition coefficient (Wildman–Crippen LogP) is 0.962. The molecule has 5 nitrogen and oxygen atoms in total. The number of carbonyl (C=O) groups is 2. The molecule has 1 amide bonds. The maximum absolute atomic E-state index is 11.7. The second-order valence-corrected chi connectivity index (χ2v) is 5.05. The molecule has 0 saturated heterocycles. The van der Waals surface area contributed by atoms with Crippen LogP contribution in [0, 0.1) is 5.92 Å². The summed E-state index contributed by atoms with van der Waals surface area (Å²) < 4.78 is 5.06. The molecular weight excluding hydrogens is 232 g/mol. The number of amides is 1. The first-order valence-electron chi connectivity index (χ1n) is 6.74. The highest BCUT2D eigenvalue weighted by molar-refractivity contribution is 5.74. The molecule has 0 spiro atoms. The maximum atomic E-state index is 11.7. The highest BCUT2D eigenvalue weighted by Gasteiger charge is 2.28. The molecule has 0 bridgehead atoms. The molecule has 0 aromatic carbocycles. The minimum absolute atomic E-state index is 0.00280. The van der Waals surface area contributed by atoms with E-state index in [1.165, 1.54) is 0 Å². The van der Waals surface area contributed by atoms with Crippen molar-refractivity contribution in [1.82, 2.24) is 5.32 Å². The van der Waals surface area contributed by atoms with Crippen LogP contribution in [0.2, 0.25) is 0 Å². The topological polar surface area (TPSA) is 81.4 Å².